The zero-order valence-electron chi connectivity index (χ0n) is 14.9. The lowest BCUT2D eigenvalue weighted by Crippen LogP contribution is -2.46. The maximum absolute atomic E-state index is 12.5. The number of carbonyl (C=O) groups is 1. The Morgan fingerprint density at radius 3 is 2.52 bits per heavy atom. The van der Waals surface area contributed by atoms with Crippen LogP contribution in [0.15, 0.2) is 35.2 Å². The van der Waals surface area contributed by atoms with Crippen LogP contribution in [0.1, 0.15) is 30.1 Å². The van der Waals surface area contributed by atoms with Crippen LogP contribution >= 0.6 is 0 Å². The van der Waals surface area contributed by atoms with Crippen molar-refractivity contribution in [3.05, 3.63) is 36.2 Å². The molecule has 0 spiro atoms. The van der Waals surface area contributed by atoms with Gasteiger partial charge in [0.2, 0.25) is 12.2 Å². The van der Waals surface area contributed by atoms with Crippen LogP contribution in [0, 0.1) is 5.92 Å². The Bertz CT molecular complexity index is 739. The fraction of sp³-hybridized carbons (Fsp3) is 0.500. The summed E-state index contributed by atoms with van der Waals surface area (Å²) in [4.78, 5) is 17.8. The van der Waals surface area contributed by atoms with E-state index < -0.39 is 12.7 Å². The predicted molar refractivity (Wildman–Crippen MR) is 91.9 cm³/mol. The molecule has 146 valence electrons. The van der Waals surface area contributed by atoms with Crippen LogP contribution in [0.4, 0.5) is 13.2 Å². The standard InChI is InChI=1S/C18H21F3N4O2/c1-12(13-6-8-25(9-7-13)10-18(19,20)21)23-17(26)15-4-2-14(3-5-15)16-22-11-27-24-16/h2-5,11-13H,6-10H2,1H3,(H,23,26). The number of carbonyl (C=O) groups excluding carboxylic acids is 1. The molecule has 1 aliphatic rings. The van der Waals surface area contributed by atoms with Crippen molar-refractivity contribution in [3.63, 3.8) is 0 Å². The van der Waals surface area contributed by atoms with Gasteiger partial charge in [-0.2, -0.15) is 18.2 Å². The van der Waals surface area contributed by atoms with Gasteiger partial charge in [0.25, 0.3) is 5.91 Å². The van der Waals surface area contributed by atoms with Crippen LogP contribution < -0.4 is 5.32 Å². The third-order valence-electron chi connectivity index (χ3n) is 4.87. The predicted octanol–water partition coefficient (Wildman–Crippen LogP) is 3.13. The number of hydrogen-bond donors (Lipinski definition) is 1. The van der Waals surface area contributed by atoms with Crippen molar-refractivity contribution in [1.29, 1.82) is 0 Å². The minimum atomic E-state index is -4.17. The zero-order valence-corrected chi connectivity index (χ0v) is 14.9. The molecule has 0 aliphatic carbocycles. The maximum Gasteiger partial charge on any atom is 0.401 e. The number of rotatable bonds is 5. The molecule has 9 heteroatoms. The first kappa shape index (κ1) is 19.3. The monoisotopic (exact) mass is 382 g/mol. The number of alkyl halides is 3. The summed E-state index contributed by atoms with van der Waals surface area (Å²) in [6.07, 6.45) is -1.67. The van der Waals surface area contributed by atoms with Gasteiger partial charge in [-0.05, 0) is 50.9 Å². The zero-order chi connectivity index (χ0) is 19.4. The number of likely N-dealkylation sites (tertiary alicyclic amines) is 1. The number of nitrogens with one attached hydrogen (secondary N) is 1. The molecule has 2 aromatic rings. The second-order valence-electron chi connectivity index (χ2n) is 6.82. The van der Waals surface area contributed by atoms with E-state index in [2.05, 4.69) is 15.5 Å². The molecule has 1 N–H and O–H groups in total. The van der Waals surface area contributed by atoms with E-state index in [1.807, 2.05) is 6.92 Å². The summed E-state index contributed by atoms with van der Waals surface area (Å²) in [7, 11) is 0. The Labute approximate surface area is 154 Å². The first-order valence-corrected chi connectivity index (χ1v) is 8.78. The minimum absolute atomic E-state index is 0.109. The van der Waals surface area contributed by atoms with E-state index in [0.717, 1.165) is 5.56 Å². The molecule has 1 fully saturated rings. The van der Waals surface area contributed by atoms with Gasteiger partial charge in [-0.3, -0.25) is 9.69 Å². The molecule has 1 aromatic carbocycles. The molecule has 0 saturated carbocycles. The van der Waals surface area contributed by atoms with Crippen molar-refractivity contribution in [3.8, 4) is 11.4 Å². The highest BCUT2D eigenvalue weighted by atomic mass is 19.4. The normalized spacial score (nSPS) is 17.6. The number of amides is 1. The number of nitrogens with zero attached hydrogens (tertiary/aromatic N) is 3. The van der Waals surface area contributed by atoms with Gasteiger partial charge in [-0.25, -0.2) is 0 Å². The summed E-state index contributed by atoms with van der Waals surface area (Å²) in [5.74, 6) is 0.401. The van der Waals surface area contributed by atoms with E-state index in [1.54, 1.807) is 24.3 Å². The van der Waals surface area contributed by atoms with E-state index in [4.69, 9.17) is 4.52 Å². The lowest BCUT2D eigenvalue weighted by molar-refractivity contribution is -0.148. The third kappa shape index (κ3) is 5.29. The van der Waals surface area contributed by atoms with Crippen LogP contribution in [0.3, 0.4) is 0 Å². The molecular formula is C18H21F3N4O2. The van der Waals surface area contributed by atoms with Gasteiger partial charge < -0.3 is 9.84 Å². The van der Waals surface area contributed by atoms with Crippen molar-refractivity contribution < 1.29 is 22.5 Å². The molecule has 1 aromatic heterocycles. The molecule has 1 aliphatic heterocycles. The van der Waals surface area contributed by atoms with E-state index >= 15 is 0 Å². The largest absolute Gasteiger partial charge is 0.401 e. The van der Waals surface area contributed by atoms with Crippen LogP contribution in [-0.4, -0.2) is 52.8 Å². The average Bonchev–Trinajstić information content (AvgIpc) is 3.15. The molecule has 0 radical (unpaired) electrons. The van der Waals surface area contributed by atoms with E-state index in [-0.39, 0.29) is 17.9 Å². The SMILES string of the molecule is CC(NC(=O)c1ccc(-c2ncon2)cc1)C1CCN(CC(F)(F)F)CC1. The van der Waals surface area contributed by atoms with Crippen LogP contribution in [-0.2, 0) is 0 Å². The number of hydrogen-bond acceptors (Lipinski definition) is 5. The molecule has 6 nitrogen and oxygen atoms in total. The fourth-order valence-corrected chi connectivity index (χ4v) is 3.34. The molecule has 1 saturated heterocycles. The number of aromatic nitrogens is 2. The van der Waals surface area contributed by atoms with E-state index in [1.165, 1.54) is 11.3 Å². The van der Waals surface area contributed by atoms with Crippen molar-refractivity contribution in [2.75, 3.05) is 19.6 Å². The summed E-state index contributed by atoms with van der Waals surface area (Å²) >= 11 is 0. The molecule has 1 amide bonds. The van der Waals surface area contributed by atoms with Crippen molar-refractivity contribution in [1.82, 2.24) is 20.4 Å². The summed E-state index contributed by atoms with van der Waals surface area (Å²) in [6, 6.07) is 6.72. The second kappa shape index (κ2) is 8.08. The first-order chi connectivity index (χ1) is 12.8. The number of halogens is 3. The average molecular weight is 382 g/mol. The van der Waals surface area contributed by atoms with Gasteiger partial charge in [0.15, 0.2) is 0 Å². The second-order valence-corrected chi connectivity index (χ2v) is 6.82. The van der Waals surface area contributed by atoms with E-state index in [9.17, 15) is 18.0 Å². The summed E-state index contributed by atoms with van der Waals surface area (Å²) in [6.45, 7) is 1.82. The summed E-state index contributed by atoms with van der Waals surface area (Å²) in [5.41, 5.74) is 1.24. The smallest absolute Gasteiger partial charge is 0.349 e. The van der Waals surface area contributed by atoms with Gasteiger partial charge >= 0.3 is 6.18 Å². The van der Waals surface area contributed by atoms with Crippen LogP contribution in [0.5, 0.6) is 0 Å². The minimum Gasteiger partial charge on any atom is -0.349 e. The first-order valence-electron chi connectivity index (χ1n) is 8.78. The number of benzene rings is 1. The molecule has 1 atom stereocenters. The Balaban J connectivity index is 1.51. The Morgan fingerprint density at radius 1 is 1.30 bits per heavy atom. The van der Waals surface area contributed by atoms with Gasteiger partial charge in [0, 0.05) is 17.2 Å². The van der Waals surface area contributed by atoms with E-state index in [0.29, 0.717) is 37.3 Å². The molecule has 3 rings (SSSR count). The number of piperidine rings is 1. The third-order valence-corrected chi connectivity index (χ3v) is 4.87. The van der Waals surface area contributed by atoms with Gasteiger partial charge in [0.1, 0.15) is 0 Å². The molecule has 1 unspecified atom stereocenters. The lowest BCUT2D eigenvalue weighted by atomic mass is 9.90. The molecule has 27 heavy (non-hydrogen) atoms. The van der Waals surface area contributed by atoms with Gasteiger partial charge in [-0.15, -0.1) is 0 Å². The topological polar surface area (TPSA) is 71.3 Å². The van der Waals surface area contributed by atoms with Crippen molar-refractivity contribution >= 4 is 5.91 Å². The molecule has 0 bridgehead atoms. The Kier molecular flexibility index (Phi) is 5.79. The van der Waals surface area contributed by atoms with Gasteiger partial charge in [0.05, 0.1) is 6.54 Å². The highest BCUT2D eigenvalue weighted by Crippen LogP contribution is 2.24. The molecular weight excluding hydrogens is 361 g/mol. The highest BCUT2D eigenvalue weighted by molar-refractivity contribution is 5.94. The van der Waals surface area contributed by atoms with Crippen molar-refractivity contribution in [2.45, 2.75) is 32.0 Å². The van der Waals surface area contributed by atoms with Crippen LogP contribution in [0.2, 0.25) is 0 Å². The fourth-order valence-electron chi connectivity index (χ4n) is 3.34. The highest BCUT2D eigenvalue weighted by Gasteiger charge is 2.33. The van der Waals surface area contributed by atoms with Gasteiger partial charge in [-0.1, -0.05) is 17.3 Å². The Hall–Kier alpha value is -2.42. The van der Waals surface area contributed by atoms with Crippen molar-refractivity contribution in [2.24, 2.45) is 5.92 Å². The molecule has 2 heterocycles. The summed E-state index contributed by atoms with van der Waals surface area (Å²) < 4.78 is 42.1. The maximum atomic E-state index is 12.5. The summed E-state index contributed by atoms with van der Waals surface area (Å²) in [5, 5.41) is 6.69. The Morgan fingerprint density at radius 2 is 1.96 bits per heavy atom. The quantitative estimate of drug-likeness (QED) is 0.860. The lowest BCUT2D eigenvalue weighted by Gasteiger charge is -2.35. The van der Waals surface area contributed by atoms with Crippen LogP contribution in [0.25, 0.3) is 11.4 Å².